The van der Waals surface area contributed by atoms with E-state index in [-0.39, 0.29) is 29.1 Å². The van der Waals surface area contributed by atoms with Crippen molar-refractivity contribution < 1.29 is 23.4 Å². The molecule has 2 aliphatic heterocycles. The van der Waals surface area contributed by atoms with Gasteiger partial charge in [0.05, 0.1) is 6.54 Å². The minimum atomic E-state index is -0.640. The molecule has 3 heterocycles. The van der Waals surface area contributed by atoms with E-state index in [1.165, 1.54) is 17.9 Å². The Balaban J connectivity index is 1.10. The SMILES string of the molecule is CC(C)(C)c1ccc(COc2coc(CN3CCN(C(=O)[C@H]4COc5ccccc5O4)CC3)cc2=O)cc1. The number of nitrogens with zero attached hydrogens (tertiary/aromatic N) is 2. The molecule has 1 fully saturated rings. The number of benzene rings is 2. The molecule has 200 valence electrons. The number of carbonyl (C=O) groups is 1. The molecule has 1 atom stereocenters. The molecule has 8 heteroatoms. The zero-order chi connectivity index (χ0) is 26.7. The Morgan fingerprint density at radius 3 is 2.39 bits per heavy atom. The third-order valence-corrected chi connectivity index (χ3v) is 6.91. The Kier molecular flexibility index (Phi) is 7.42. The highest BCUT2D eigenvalue weighted by Gasteiger charge is 2.32. The summed E-state index contributed by atoms with van der Waals surface area (Å²) in [5.74, 6) is 1.95. The van der Waals surface area contributed by atoms with Gasteiger partial charge in [0.25, 0.3) is 5.91 Å². The maximum Gasteiger partial charge on any atom is 0.267 e. The fraction of sp³-hybridized carbons (Fsp3) is 0.400. The predicted octanol–water partition coefficient (Wildman–Crippen LogP) is 4.00. The van der Waals surface area contributed by atoms with Crippen molar-refractivity contribution in [1.82, 2.24) is 9.80 Å². The fourth-order valence-electron chi connectivity index (χ4n) is 4.58. The molecule has 2 aromatic carbocycles. The molecule has 1 aromatic heterocycles. The first-order chi connectivity index (χ1) is 18.3. The summed E-state index contributed by atoms with van der Waals surface area (Å²) < 4.78 is 23.0. The smallest absolute Gasteiger partial charge is 0.267 e. The maximum atomic E-state index is 13.0. The fourth-order valence-corrected chi connectivity index (χ4v) is 4.58. The molecular formula is C30H34N2O6. The van der Waals surface area contributed by atoms with E-state index >= 15 is 0 Å². The van der Waals surface area contributed by atoms with E-state index in [4.69, 9.17) is 18.6 Å². The summed E-state index contributed by atoms with van der Waals surface area (Å²) in [6.07, 6.45) is 0.748. The molecule has 0 radical (unpaired) electrons. The standard InChI is InChI=1S/C30H34N2O6/c1-30(2,3)22-10-8-21(9-11-22)18-36-27-19-35-23(16-24(27)33)17-31-12-14-32(15-13-31)29(34)28-20-37-25-6-4-5-7-26(25)38-28/h4-11,16,19,28H,12-15,17-18,20H2,1-3H3/t28-/m1/s1. The summed E-state index contributed by atoms with van der Waals surface area (Å²) in [5, 5.41) is 0. The van der Waals surface area contributed by atoms with E-state index in [9.17, 15) is 9.59 Å². The first kappa shape index (κ1) is 25.9. The highest BCUT2D eigenvalue weighted by Crippen LogP contribution is 2.31. The van der Waals surface area contributed by atoms with Crippen molar-refractivity contribution in [2.75, 3.05) is 32.8 Å². The molecule has 5 rings (SSSR count). The van der Waals surface area contributed by atoms with E-state index in [1.54, 1.807) is 11.0 Å². The quantitative estimate of drug-likeness (QED) is 0.488. The first-order valence-corrected chi connectivity index (χ1v) is 13.0. The summed E-state index contributed by atoms with van der Waals surface area (Å²) in [4.78, 5) is 29.5. The lowest BCUT2D eigenvalue weighted by molar-refractivity contribution is -0.143. The van der Waals surface area contributed by atoms with Crippen LogP contribution in [0.2, 0.25) is 0 Å². The number of fused-ring (bicyclic) bond motifs is 1. The number of para-hydroxylation sites is 2. The van der Waals surface area contributed by atoms with Gasteiger partial charge in [-0.15, -0.1) is 0 Å². The minimum absolute atomic E-state index is 0.0692. The number of ether oxygens (including phenoxy) is 3. The summed E-state index contributed by atoms with van der Waals surface area (Å²) in [7, 11) is 0. The van der Waals surface area contributed by atoms with Crippen LogP contribution in [-0.2, 0) is 23.4 Å². The van der Waals surface area contributed by atoms with Crippen LogP contribution in [0.4, 0.5) is 0 Å². The second-order valence-electron chi connectivity index (χ2n) is 10.8. The van der Waals surface area contributed by atoms with Crippen LogP contribution in [0.1, 0.15) is 37.7 Å². The average Bonchev–Trinajstić information content (AvgIpc) is 2.92. The van der Waals surface area contributed by atoms with Crippen LogP contribution < -0.4 is 19.6 Å². The van der Waals surface area contributed by atoms with Gasteiger partial charge in [0.1, 0.15) is 25.2 Å². The highest BCUT2D eigenvalue weighted by atomic mass is 16.6. The van der Waals surface area contributed by atoms with Crippen LogP contribution in [0.25, 0.3) is 0 Å². The number of hydrogen-bond acceptors (Lipinski definition) is 7. The van der Waals surface area contributed by atoms with Crippen LogP contribution in [0.15, 0.2) is 70.1 Å². The van der Waals surface area contributed by atoms with Crippen molar-refractivity contribution in [1.29, 1.82) is 0 Å². The number of piperazine rings is 1. The van der Waals surface area contributed by atoms with Gasteiger partial charge in [0, 0.05) is 32.2 Å². The van der Waals surface area contributed by atoms with Gasteiger partial charge in [-0.1, -0.05) is 57.2 Å². The average molecular weight is 519 g/mol. The van der Waals surface area contributed by atoms with Crippen molar-refractivity contribution in [3.8, 4) is 17.2 Å². The van der Waals surface area contributed by atoms with Crippen molar-refractivity contribution in [2.24, 2.45) is 0 Å². The summed E-state index contributed by atoms with van der Waals surface area (Å²) in [5.41, 5.74) is 2.12. The Morgan fingerprint density at radius 1 is 1.00 bits per heavy atom. The lowest BCUT2D eigenvalue weighted by Gasteiger charge is -2.36. The predicted molar refractivity (Wildman–Crippen MR) is 143 cm³/mol. The number of carbonyl (C=O) groups excluding carboxylic acids is 1. The molecule has 0 bridgehead atoms. The van der Waals surface area contributed by atoms with Crippen molar-refractivity contribution in [3.05, 3.63) is 88.0 Å². The van der Waals surface area contributed by atoms with Gasteiger partial charge in [-0.05, 0) is 28.7 Å². The van der Waals surface area contributed by atoms with Crippen molar-refractivity contribution in [3.63, 3.8) is 0 Å². The number of amides is 1. The van der Waals surface area contributed by atoms with Gasteiger partial charge < -0.3 is 23.5 Å². The van der Waals surface area contributed by atoms with Crippen LogP contribution in [-0.4, -0.2) is 54.6 Å². The Hall–Kier alpha value is -3.78. The van der Waals surface area contributed by atoms with Crippen molar-refractivity contribution >= 4 is 5.91 Å². The second-order valence-corrected chi connectivity index (χ2v) is 10.8. The van der Waals surface area contributed by atoms with Crippen LogP contribution in [0, 0.1) is 0 Å². The summed E-state index contributed by atoms with van der Waals surface area (Å²) >= 11 is 0. The minimum Gasteiger partial charge on any atom is -0.485 e. The van der Waals surface area contributed by atoms with E-state index in [0.717, 1.165) is 5.56 Å². The van der Waals surface area contributed by atoms with E-state index in [0.29, 0.717) is 56.6 Å². The molecule has 0 saturated carbocycles. The molecule has 3 aromatic rings. The van der Waals surface area contributed by atoms with Crippen LogP contribution >= 0.6 is 0 Å². The van der Waals surface area contributed by atoms with Gasteiger partial charge in [-0.3, -0.25) is 14.5 Å². The zero-order valence-electron chi connectivity index (χ0n) is 22.1. The lowest BCUT2D eigenvalue weighted by Crippen LogP contribution is -2.53. The van der Waals surface area contributed by atoms with Gasteiger partial charge in [-0.2, -0.15) is 0 Å². The normalized spacial score (nSPS) is 17.8. The second kappa shape index (κ2) is 10.9. The van der Waals surface area contributed by atoms with E-state index in [2.05, 4.69) is 37.8 Å². The highest BCUT2D eigenvalue weighted by molar-refractivity contribution is 5.82. The first-order valence-electron chi connectivity index (χ1n) is 13.0. The molecule has 1 saturated heterocycles. The largest absolute Gasteiger partial charge is 0.485 e. The Morgan fingerprint density at radius 2 is 1.71 bits per heavy atom. The topological polar surface area (TPSA) is 81.5 Å². The van der Waals surface area contributed by atoms with Gasteiger partial charge in [-0.25, -0.2) is 0 Å². The third kappa shape index (κ3) is 6.02. The third-order valence-electron chi connectivity index (χ3n) is 6.91. The summed E-state index contributed by atoms with van der Waals surface area (Å²) in [6.45, 7) is 9.99. The number of hydrogen-bond donors (Lipinski definition) is 0. The molecule has 1 amide bonds. The maximum absolute atomic E-state index is 13.0. The lowest BCUT2D eigenvalue weighted by atomic mass is 9.87. The molecule has 0 spiro atoms. The number of rotatable bonds is 6. The van der Waals surface area contributed by atoms with E-state index in [1.807, 2.05) is 30.3 Å². The summed E-state index contributed by atoms with van der Waals surface area (Å²) in [6, 6.07) is 17.1. The van der Waals surface area contributed by atoms with Crippen LogP contribution in [0.5, 0.6) is 17.2 Å². The Labute approximate surface area is 222 Å². The molecule has 0 N–H and O–H groups in total. The van der Waals surface area contributed by atoms with Gasteiger partial charge in [0.2, 0.25) is 17.3 Å². The monoisotopic (exact) mass is 518 g/mol. The molecule has 2 aliphatic rings. The molecule has 0 unspecified atom stereocenters. The molecule has 0 aliphatic carbocycles. The Bertz CT molecular complexity index is 1320. The van der Waals surface area contributed by atoms with Crippen LogP contribution in [0.3, 0.4) is 0 Å². The van der Waals surface area contributed by atoms with E-state index < -0.39 is 6.10 Å². The van der Waals surface area contributed by atoms with Gasteiger partial charge >= 0.3 is 0 Å². The van der Waals surface area contributed by atoms with Gasteiger partial charge in [0.15, 0.2) is 11.5 Å². The molecule has 8 nitrogen and oxygen atoms in total. The molecule has 38 heavy (non-hydrogen) atoms. The van der Waals surface area contributed by atoms with Crippen molar-refractivity contribution in [2.45, 2.75) is 45.4 Å². The molecular weight excluding hydrogens is 484 g/mol. The zero-order valence-corrected chi connectivity index (χ0v) is 22.1.